The third kappa shape index (κ3) is 4.76. The molecule has 8 rings (SSSR count). The maximum atomic E-state index is 15.4. The fourth-order valence-electron chi connectivity index (χ4n) is 8.94. The predicted octanol–water partition coefficient (Wildman–Crippen LogP) is 7.42. The molecule has 252 valence electrons. The Hall–Kier alpha value is -4.48. The van der Waals surface area contributed by atoms with E-state index in [0.29, 0.717) is 40.6 Å². The number of hydrogen-bond donors (Lipinski definition) is 1. The molecule has 4 aromatic rings. The van der Waals surface area contributed by atoms with Gasteiger partial charge in [0.05, 0.1) is 41.2 Å². The normalized spacial score (nSPS) is 27.2. The van der Waals surface area contributed by atoms with Crippen molar-refractivity contribution < 1.29 is 29.0 Å². The third-order valence-electron chi connectivity index (χ3n) is 10.9. The van der Waals surface area contributed by atoms with Crippen molar-refractivity contribution in [2.24, 2.45) is 23.7 Å². The number of hydrogen-bond acceptors (Lipinski definition) is 6. The maximum absolute atomic E-state index is 15.4. The monoisotopic (exact) mass is 798 g/mol. The van der Waals surface area contributed by atoms with Crippen molar-refractivity contribution in [3.8, 4) is 11.5 Å². The number of carbonyl (C=O) groups is 4. The van der Waals surface area contributed by atoms with Crippen LogP contribution in [0.25, 0.3) is 0 Å². The second kappa shape index (κ2) is 12.4. The zero-order valence-electron chi connectivity index (χ0n) is 27.0. The van der Waals surface area contributed by atoms with Gasteiger partial charge in [-0.05, 0) is 114 Å². The zero-order chi connectivity index (χ0) is 34.9. The van der Waals surface area contributed by atoms with Gasteiger partial charge in [-0.15, -0.1) is 0 Å². The summed E-state index contributed by atoms with van der Waals surface area (Å²) >= 11 is 8.59. The zero-order valence-corrected chi connectivity index (χ0v) is 29.9. The first-order chi connectivity index (χ1) is 24.2. The lowest BCUT2D eigenvalue weighted by Gasteiger charge is -2.50. The lowest BCUT2D eigenvalue weighted by Crippen LogP contribution is -2.53. The molecule has 0 radical (unpaired) electrons. The second-order valence-corrected chi connectivity index (χ2v) is 14.9. The number of rotatable bonds is 6. The SMILES string of the molecule is CCOc1cc([C@H]2C3=CC[C@@H]4C(=O)N(c5ccc(I)cc5)C(=O)[C@@H]4[C@@H]3C[C@H]3C(=O)N(c4cccc(Cl)c4)C(=O)[C@@]23c2ccccc2)ccc1O. The summed E-state index contributed by atoms with van der Waals surface area (Å²) in [5.41, 5.74) is 1.62. The van der Waals surface area contributed by atoms with E-state index in [4.69, 9.17) is 16.3 Å². The largest absolute Gasteiger partial charge is 0.504 e. The predicted molar refractivity (Wildman–Crippen MR) is 197 cm³/mol. The van der Waals surface area contributed by atoms with Crippen LogP contribution in [0.1, 0.15) is 36.8 Å². The number of aromatic hydroxyl groups is 1. The molecule has 3 fully saturated rings. The Morgan fingerprint density at radius 2 is 1.60 bits per heavy atom. The number of allylic oxidation sites excluding steroid dienone is 2. The highest BCUT2D eigenvalue weighted by Gasteiger charge is 2.70. The lowest BCUT2D eigenvalue weighted by molar-refractivity contribution is -0.127. The molecule has 0 spiro atoms. The Morgan fingerprint density at radius 3 is 2.32 bits per heavy atom. The second-order valence-electron chi connectivity index (χ2n) is 13.2. The van der Waals surface area contributed by atoms with Gasteiger partial charge in [0.1, 0.15) is 0 Å². The van der Waals surface area contributed by atoms with Crippen molar-refractivity contribution in [1.82, 2.24) is 0 Å². The average Bonchev–Trinajstić information content (AvgIpc) is 3.51. The van der Waals surface area contributed by atoms with Crippen LogP contribution in [0.5, 0.6) is 11.5 Å². The fraction of sp³-hybridized carbons (Fsp3) is 0.250. The maximum Gasteiger partial charge on any atom is 0.246 e. The first-order valence-corrected chi connectivity index (χ1v) is 18.1. The van der Waals surface area contributed by atoms with Gasteiger partial charge >= 0.3 is 0 Å². The molecule has 4 amide bonds. The molecule has 50 heavy (non-hydrogen) atoms. The molecular formula is C40H32ClIN2O6. The Labute approximate surface area is 307 Å². The number of imide groups is 2. The Bertz CT molecular complexity index is 2100. The smallest absolute Gasteiger partial charge is 0.246 e. The molecule has 1 N–H and O–H groups in total. The van der Waals surface area contributed by atoms with E-state index in [1.807, 2.05) is 55.5 Å². The molecule has 10 heteroatoms. The summed E-state index contributed by atoms with van der Waals surface area (Å²) < 4.78 is 6.81. The summed E-state index contributed by atoms with van der Waals surface area (Å²) in [7, 11) is 0. The van der Waals surface area contributed by atoms with Crippen LogP contribution >= 0.6 is 34.2 Å². The minimum absolute atomic E-state index is 0.0509. The van der Waals surface area contributed by atoms with E-state index in [9.17, 15) is 19.5 Å². The van der Waals surface area contributed by atoms with Crippen LogP contribution in [0.15, 0.2) is 109 Å². The average molecular weight is 799 g/mol. The fourth-order valence-corrected chi connectivity index (χ4v) is 9.49. The highest BCUT2D eigenvalue weighted by atomic mass is 127. The van der Waals surface area contributed by atoms with Crippen LogP contribution in [-0.4, -0.2) is 35.3 Å². The van der Waals surface area contributed by atoms with E-state index in [1.54, 1.807) is 54.6 Å². The highest BCUT2D eigenvalue weighted by molar-refractivity contribution is 14.1. The van der Waals surface area contributed by atoms with Crippen LogP contribution < -0.4 is 14.5 Å². The van der Waals surface area contributed by atoms with Gasteiger partial charge in [0.15, 0.2) is 11.5 Å². The first-order valence-electron chi connectivity index (χ1n) is 16.6. The molecular weight excluding hydrogens is 767 g/mol. The number of fused-ring (bicyclic) bond motifs is 4. The number of benzene rings is 4. The molecule has 4 aromatic carbocycles. The number of carbonyl (C=O) groups excluding carboxylic acids is 4. The van der Waals surface area contributed by atoms with E-state index in [1.165, 1.54) is 9.80 Å². The van der Waals surface area contributed by atoms with Crippen LogP contribution in [-0.2, 0) is 24.6 Å². The van der Waals surface area contributed by atoms with Crippen LogP contribution in [0.2, 0.25) is 5.02 Å². The van der Waals surface area contributed by atoms with Gasteiger partial charge in [0.25, 0.3) is 0 Å². The van der Waals surface area contributed by atoms with Crippen molar-refractivity contribution in [2.75, 3.05) is 16.4 Å². The summed E-state index contributed by atoms with van der Waals surface area (Å²) in [5, 5.41) is 11.1. The summed E-state index contributed by atoms with van der Waals surface area (Å²) in [4.78, 5) is 61.3. The summed E-state index contributed by atoms with van der Waals surface area (Å²) in [5.74, 6) is -4.59. The number of anilines is 2. The van der Waals surface area contributed by atoms with E-state index in [-0.39, 0.29) is 35.6 Å². The molecule has 0 bridgehead atoms. The standard InChI is InChI=1S/C40H32ClIN2O6/c1-2-50-33-19-22(11-18-32(33)45)35-28-16-17-29-34(38(48)43(36(29)46)26-14-12-25(42)13-15-26)30(28)21-31-37(47)44(27-10-6-9-24(41)20-27)39(49)40(31,35)23-7-4-3-5-8-23/h3-16,18-20,29-31,34-35,45H,2,17,21H2,1H3/t29-,30+,31-,34-,35-,40+/m0/s1. The Balaban J connectivity index is 1.36. The first kappa shape index (κ1) is 32.7. The van der Waals surface area contributed by atoms with E-state index in [2.05, 4.69) is 22.6 Å². The van der Waals surface area contributed by atoms with Crippen molar-refractivity contribution in [1.29, 1.82) is 0 Å². The van der Waals surface area contributed by atoms with E-state index in [0.717, 1.165) is 9.14 Å². The minimum Gasteiger partial charge on any atom is -0.504 e. The van der Waals surface area contributed by atoms with Crippen molar-refractivity contribution in [3.63, 3.8) is 0 Å². The topological polar surface area (TPSA) is 104 Å². The van der Waals surface area contributed by atoms with Crippen molar-refractivity contribution in [2.45, 2.75) is 31.1 Å². The van der Waals surface area contributed by atoms with Gasteiger partial charge in [0.2, 0.25) is 23.6 Å². The lowest BCUT2D eigenvalue weighted by atomic mass is 9.49. The van der Waals surface area contributed by atoms with Gasteiger partial charge in [-0.1, -0.05) is 65.7 Å². The molecule has 2 heterocycles. The molecule has 8 nitrogen and oxygen atoms in total. The van der Waals surface area contributed by atoms with Crippen LogP contribution in [0.3, 0.4) is 0 Å². The van der Waals surface area contributed by atoms with E-state index < -0.39 is 40.9 Å². The highest BCUT2D eigenvalue weighted by Crippen LogP contribution is 2.65. The Kier molecular flexibility index (Phi) is 8.10. The number of halogens is 2. The Morgan fingerprint density at radius 1 is 0.840 bits per heavy atom. The molecule has 6 atom stereocenters. The van der Waals surface area contributed by atoms with Crippen molar-refractivity contribution in [3.05, 3.63) is 128 Å². The summed E-state index contributed by atoms with van der Waals surface area (Å²) in [6, 6.07) is 28.4. The number of phenols is 1. The minimum atomic E-state index is -1.42. The van der Waals surface area contributed by atoms with Crippen LogP contribution in [0, 0.1) is 27.2 Å². The molecule has 2 aliphatic heterocycles. The quantitative estimate of drug-likeness (QED) is 0.124. The number of amides is 4. The number of nitrogens with zero attached hydrogens (tertiary/aromatic N) is 2. The molecule has 0 unspecified atom stereocenters. The third-order valence-corrected chi connectivity index (χ3v) is 11.8. The van der Waals surface area contributed by atoms with Gasteiger partial charge in [-0.3, -0.25) is 24.1 Å². The molecule has 2 aliphatic carbocycles. The molecule has 2 saturated heterocycles. The molecule has 0 aromatic heterocycles. The van der Waals surface area contributed by atoms with E-state index >= 15 is 4.79 Å². The number of phenolic OH excluding ortho intramolecular Hbond substituents is 1. The molecule has 1 saturated carbocycles. The van der Waals surface area contributed by atoms with Gasteiger partial charge in [-0.25, -0.2) is 4.90 Å². The summed E-state index contributed by atoms with van der Waals surface area (Å²) in [6.45, 7) is 2.12. The summed E-state index contributed by atoms with van der Waals surface area (Å²) in [6.07, 6.45) is 2.52. The van der Waals surface area contributed by atoms with Crippen molar-refractivity contribution >= 4 is 69.2 Å². The van der Waals surface area contributed by atoms with Gasteiger partial charge < -0.3 is 9.84 Å². The van der Waals surface area contributed by atoms with Gasteiger partial charge in [-0.2, -0.15) is 0 Å². The molecule has 4 aliphatic rings. The number of ether oxygens (including phenoxy) is 1. The van der Waals surface area contributed by atoms with Crippen LogP contribution in [0.4, 0.5) is 11.4 Å². The van der Waals surface area contributed by atoms with Gasteiger partial charge in [0, 0.05) is 14.5 Å².